The Bertz CT molecular complexity index is 1080. The third kappa shape index (κ3) is 4.89. The molecule has 0 saturated heterocycles. The molecule has 8 nitrogen and oxygen atoms in total. The van der Waals surface area contributed by atoms with Gasteiger partial charge >= 0.3 is 0 Å². The number of carbonyl (C=O) groups excluding carboxylic acids is 1. The van der Waals surface area contributed by atoms with Gasteiger partial charge in [0.25, 0.3) is 5.91 Å². The Balaban J connectivity index is 2.31. The van der Waals surface area contributed by atoms with E-state index in [-0.39, 0.29) is 21.1 Å². The second-order valence-electron chi connectivity index (χ2n) is 6.13. The molecule has 0 aliphatic carbocycles. The standard InChI is InChI=1S/C18H22N2O6S2/c1-12(13-5-7-14(8-6-13)27(4,22)23)20-28(24,25)15-9-10-17(26-3)16(11-15)18(21)19-2/h5-12,20H,1-4H3,(H,19,21). The molecule has 2 aromatic carbocycles. The van der Waals surface area contributed by atoms with Crippen molar-refractivity contribution in [2.24, 2.45) is 0 Å². The number of ether oxygens (including phenoxy) is 1. The smallest absolute Gasteiger partial charge is 0.254 e. The van der Waals surface area contributed by atoms with Gasteiger partial charge in [0.1, 0.15) is 5.75 Å². The van der Waals surface area contributed by atoms with Gasteiger partial charge in [-0.05, 0) is 42.8 Å². The predicted octanol–water partition coefficient (Wildman–Crippen LogP) is 1.50. The lowest BCUT2D eigenvalue weighted by Crippen LogP contribution is -2.27. The molecule has 0 radical (unpaired) electrons. The summed E-state index contributed by atoms with van der Waals surface area (Å²) in [5.41, 5.74) is 0.689. The first-order chi connectivity index (χ1) is 13.0. The molecule has 0 aromatic heterocycles. The molecule has 0 bridgehead atoms. The van der Waals surface area contributed by atoms with Gasteiger partial charge in [-0.2, -0.15) is 0 Å². The van der Waals surface area contributed by atoms with E-state index in [4.69, 9.17) is 4.74 Å². The lowest BCUT2D eigenvalue weighted by Gasteiger charge is -2.16. The summed E-state index contributed by atoms with van der Waals surface area (Å²) in [6.07, 6.45) is 1.10. The number of rotatable bonds is 7. The zero-order valence-electron chi connectivity index (χ0n) is 15.9. The minimum atomic E-state index is -3.94. The summed E-state index contributed by atoms with van der Waals surface area (Å²) in [4.78, 5) is 12.0. The number of amides is 1. The highest BCUT2D eigenvalue weighted by atomic mass is 32.2. The van der Waals surface area contributed by atoms with Gasteiger partial charge in [0.05, 0.1) is 22.5 Å². The number of sulfone groups is 1. The van der Waals surface area contributed by atoms with Crippen LogP contribution in [0.2, 0.25) is 0 Å². The molecule has 2 N–H and O–H groups in total. The van der Waals surface area contributed by atoms with Gasteiger partial charge in [0.2, 0.25) is 10.0 Å². The number of benzene rings is 2. The Morgan fingerprint density at radius 2 is 1.57 bits per heavy atom. The van der Waals surface area contributed by atoms with Crippen molar-refractivity contribution < 1.29 is 26.4 Å². The molecular weight excluding hydrogens is 404 g/mol. The maximum absolute atomic E-state index is 12.7. The van der Waals surface area contributed by atoms with E-state index < -0.39 is 31.8 Å². The summed E-state index contributed by atoms with van der Waals surface area (Å²) in [6, 6.07) is 9.31. The monoisotopic (exact) mass is 426 g/mol. The summed E-state index contributed by atoms with van der Waals surface area (Å²) in [7, 11) is -4.45. The second-order valence-corrected chi connectivity index (χ2v) is 9.86. The number of hydrogen-bond donors (Lipinski definition) is 2. The van der Waals surface area contributed by atoms with Crippen molar-refractivity contribution in [3.8, 4) is 5.75 Å². The first-order valence-electron chi connectivity index (χ1n) is 8.22. The van der Waals surface area contributed by atoms with Crippen molar-refractivity contribution in [1.82, 2.24) is 10.0 Å². The Hall–Kier alpha value is -2.43. The largest absolute Gasteiger partial charge is 0.496 e. The van der Waals surface area contributed by atoms with Crippen LogP contribution in [-0.2, 0) is 19.9 Å². The van der Waals surface area contributed by atoms with Crippen molar-refractivity contribution in [3.63, 3.8) is 0 Å². The van der Waals surface area contributed by atoms with Crippen molar-refractivity contribution in [3.05, 3.63) is 53.6 Å². The highest BCUT2D eigenvalue weighted by Crippen LogP contribution is 2.24. The van der Waals surface area contributed by atoms with Crippen LogP contribution in [0.1, 0.15) is 28.9 Å². The minimum Gasteiger partial charge on any atom is -0.496 e. The molecule has 1 unspecified atom stereocenters. The maximum atomic E-state index is 12.7. The van der Waals surface area contributed by atoms with Crippen LogP contribution in [0, 0.1) is 0 Å². The van der Waals surface area contributed by atoms with Crippen molar-refractivity contribution in [2.75, 3.05) is 20.4 Å². The lowest BCUT2D eigenvalue weighted by molar-refractivity contribution is 0.0960. The molecule has 152 valence electrons. The SMILES string of the molecule is CNC(=O)c1cc(S(=O)(=O)NC(C)c2ccc(S(C)(=O)=O)cc2)ccc1OC. The average Bonchev–Trinajstić information content (AvgIpc) is 2.65. The van der Waals surface area contributed by atoms with Crippen molar-refractivity contribution in [2.45, 2.75) is 22.8 Å². The van der Waals surface area contributed by atoms with E-state index >= 15 is 0 Å². The molecule has 2 aromatic rings. The zero-order valence-corrected chi connectivity index (χ0v) is 17.5. The lowest BCUT2D eigenvalue weighted by atomic mass is 10.1. The van der Waals surface area contributed by atoms with Crippen LogP contribution in [0.15, 0.2) is 52.3 Å². The normalized spacial score (nSPS) is 13.0. The number of sulfonamides is 1. The first-order valence-corrected chi connectivity index (χ1v) is 11.6. The van der Waals surface area contributed by atoms with Gasteiger partial charge in [-0.1, -0.05) is 12.1 Å². The predicted molar refractivity (Wildman–Crippen MR) is 105 cm³/mol. The first kappa shape index (κ1) is 21.9. The third-order valence-corrected chi connectivity index (χ3v) is 6.76. The molecule has 1 atom stereocenters. The molecule has 0 spiro atoms. The van der Waals surface area contributed by atoms with Gasteiger partial charge in [-0.3, -0.25) is 4.79 Å². The molecule has 10 heteroatoms. The quantitative estimate of drug-likeness (QED) is 0.693. The molecular formula is C18H22N2O6S2. The summed E-state index contributed by atoms with van der Waals surface area (Å²) >= 11 is 0. The van der Waals surface area contributed by atoms with Crippen molar-refractivity contribution in [1.29, 1.82) is 0 Å². The summed E-state index contributed by atoms with van der Waals surface area (Å²) in [5, 5.41) is 2.44. The maximum Gasteiger partial charge on any atom is 0.254 e. The van der Waals surface area contributed by atoms with E-state index in [1.165, 1.54) is 44.5 Å². The van der Waals surface area contributed by atoms with Crippen LogP contribution < -0.4 is 14.8 Å². The van der Waals surface area contributed by atoms with Gasteiger partial charge < -0.3 is 10.1 Å². The van der Waals surface area contributed by atoms with Crippen LogP contribution >= 0.6 is 0 Å². The van der Waals surface area contributed by atoms with Gasteiger partial charge in [0.15, 0.2) is 9.84 Å². The topological polar surface area (TPSA) is 119 Å². The molecule has 0 fully saturated rings. The highest BCUT2D eigenvalue weighted by Gasteiger charge is 2.22. The fourth-order valence-electron chi connectivity index (χ4n) is 2.54. The second kappa shape index (κ2) is 8.29. The molecule has 0 aliphatic rings. The number of hydrogen-bond acceptors (Lipinski definition) is 6. The van der Waals surface area contributed by atoms with E-state index in [2.05, 4.69) is 10.0 Å². The fraction of sp³-hybridized carbons (Fsp3) is 0.278. The van der Waals surface area contributed by atoms with Gasteiger partial charge in [0, 0.05) is 19.3 Å². The fourth-order valence-corrected chi connectivity index (χ4v) is 4.43. The van der Waals surface area contributed by atoms with Gasteiger partial charge in [-0.15, -0.1) is 0 Å². The Labute approximate surface area is 164 Å². The van der Waals surface area contributed by atoms with Crippen molar-refractivity contribution >= 4 is 25.8 Å². The molecule has 2 rings (SSSR count). The summed E-state index contributed by atoms with van der Waals surface area (Å²) in [6.45, 7) is 1.64. The Morgan fingerprint density at radius 3 is 2.07 bits per heavy atom. The third-order valence-electron chi connectivity index (χ3n) is 4.09. The molecule has 0 aliphatic heterocycles. The van der Waals surface area contributed by atoms with Crippen LogP contribution in [0.25, 0.3) is 0 Å². The molecule has 28 heavy (non-hydrogen) atoms. The highest BCUT2D eigenvalue weighted by molar-refractivity contribution is 7.90. The molecule has 1 amide bonds. The average molecular weight is 427 g/mol. The van der Waals surface area contributed by atoms with Crippen LogP contribution in [0.5, 0.6) is 5.75 Å². The van der Waals surface area contributed by atoms with E-state index in [0.29, 0.717) is 5.56 Å². The number of methoxy groups -OCH3 is 1. The van der Waals surface area contributed by atoms with Crippen LogP contribution in [-0.4, -0.2) is 43.2 Å². The summed E-state index contributed by atoms with van der Waals surface area (Å²) < 4.78 is 56.1. The van der Waals surface area contributed by atoms with Crippen LogP contribution in [0.3, 0.4) is 0 Å². The zero-order chi connectivity index (χ0) is 21.1. The van der Waals surface area contributed by atoms with Gasteiger partial charge in [-0.25, -0.2) is 21.6 Å². The van der Waals surface area contributed by atoms with E-state index in [1.54, 1.807) is 19.1 Å². The van der Waals surface area contributed by atoms with E-state index in [9.17, 15) is 21.6 Å². The summed E-state index contributed by atoms with van der Waals surface area (Å²) in [5.74, 6) is -0.221. The molecule has 0 saturated carbocycles. The Morgan fingerprint density at radius 1 is 1.00 bits per heavy atom. The van der Waals surface area contributed by atoms with E-state index in [0.717, 1.165) is 6.26 Å². The Kier molecular flexibility index (Phi) is 6.48. The number of carbonyl (C=O) groups is 1. The number of nitrogens with one attached hydrogen (secondary N) is 2. The van der Waals surface area contributed by atoms with Crippen LogP contribution in [0.4, 0.5) is 0 Å². The minimum absolute atomic E-state index is 0.0912. The molecule has 0 heterocycles. The van der Waals surface area contributed by atoms with E-state index in [1.807, 2.05) is 0 Å².